The lowest BCUT2D eigenvalue weighted by molar-refractivity contribution is -0.132. The summed E-state index contributed by atoms with van der Waals surface area (Å²) < 4.78 is 17.9. The minimum absolute atomic E-state index is 0.0716. The van der Waals surface area contributed by atoms with E-state index in [1.54, 1.807) is 24.4 Å². The number of alkyl halides is 1. The molecule has 1 atom stereocenters. The molecule has 6 nitrogen and oxygen atoms in total. The molecule has 0 bridgehead atoms. The predicted molar refractivity (Wildman–Crippen MR) is 106 cm³/mol. The van der Waals surface area contributed by atoms with Crippen molar-refractivity contribution in [3.8, 4) is 5.75 Å². The van der Waals surface area contributed by atoms with Crippen LogP contribution in [0.3, 0.4) is 0 Å². The molecule has 29 heavy (non-hydrogen) atoms. The number of hydrogen-bond donors (Lipinski definition) is 1. The Morgan fingerprint density at radius 2 is 1.97 bits per heavy atom. The smallest absolute Gasteiger partial charge is 0.293 e. The zero-order valence-corrected chi connectivity index (χ0v) is 16.1. The van der Waals surface area contributed by atoms with Crippen molar-refractivity contribution in [2.75, 3.05) is 5.88 Å². The van der Waals surface area contributed by atoms with Crippen LogP contribution in [0.2, 0.25) is 0 Å². The molecule has 0 aliphatic rings. The Balaban J connectivity index is 1.88. The highest BCUT2D eigenvalue weighted by Gasteiger charge is 2.25. The number of ketones is 1. The third kappa shape index (κ3) is 4.86. The van der Waals surface area contributed by atoms with Crippen molar-refractivity contribution in [1.29, 1.82) is 0 Å². The summed E-state index contributed by atoms with van der Waals surface area (Å²) >= 11 is 5.64. The molecule has 0 radical (unpaired) electrons. The van der Waals surface area contributed by atoms with Gasteiger partial charge in [-0.1, -0.05) is 12.1 Å². The molecule has 0 aliphatic carbocycles. The Labute approximate surface area is 171 Å². The molecule has 0 fully saturated rings. The number of halogens is 2. The van der Waals surface area contributed by atoms with Crippen molar-refractivity contribution < 1.29 is 23.8 Å². The lowest BCUT2D eigenvalue weighted by Gasteiger charge is -2.14. The highest BCUT2D eigenvalue weighted by Crippen LogP contribution is 2.28. The number of rotatable bonds is 9. The van der Waals surface area contributed by atoms with Gasteiger partial charge in [0, 0.05) is 18.3 Å². The fourth-order valence-corrected chi connectivity index (χ4v) is 3.13. The van der Waals surface area contributed by atoms with Crippen LogP contribution < -0.4 is 0 Å². The topological polar surface area (TPSA) is 89.4 Å². The standard InChI is InChI=1S/C21H18ClFN2O4/c22-7-1-2-18(29-12-26)20(27)16-11-24-17-9-14(10-25-19(17)21(16)28)8-13-3-5-15(23)6-4-13/h3-6,9-12,18H,1-2,7-8H2,(H,24,28). The van der Waals surface area contributed by atoms with Gasteiger partial charge in [-0.2, -0.15) is 0 Å². The SMILES string of the molecule is O=COC(CCCCl)C(=O)c1cnc2cc(Cc3ccc(F)cc3)cnc2c1O. The number of nitrogens with zero attached hydrogens (tertiary/aromatic N) is 2. The van der Waals surface area contributed by atoms with Crippen molar-refractivity contribution in [1.82, 2.24) is 9.97 Å². The molecule has 2 aromatic heterocycles. The molecule has 0 saturated carbocycles. The van der Waals surface area contributed by atoms with Gasteiger partial charge in [-0.3, -0.25) is 19.6 Å². The number of aromatic nitrogens is 2. The molecule has 3 aromatic rings. The summed E-state index contributed by atoms with van der Waals surface area (Å²) in [6.45, 7) is 0.197. The second kappa shape index (κ2) is 9.43. The van der Waals surface area contributed by atoms with Crippen LogP contribution >= 0.6 is 11.6 Å². The average molecular weight is 417 g/mol. The maximum Gasteiger partial charge on any atom is 0.293 e. The Bertz CT molecular complexity index is 1030. The first kappa shape index (κ1) is 20.7. The van der Waals surface area contributed by atoms with E-state index in [4.69, 9.17) is 16.3 Å². The van der Waals surface area contributed by atoms with Crippen LogP contribution in [0.4, 0.5) is 4.39 Å². The highest BCUT2D eigenvalue weighted by atomic mass is 35.5. The van der Waals surface area contributed by atoms with Gasteiger partial charge in [0.15, 0.2) is 11.9 Å². The highest BCUT2D eigenvalue weighted by molar-refractivity contribution is 6.17. The van der Waals surface area contributed by atoms with E-state index >= 15 is 0 Å². The lowest BCUT2D eigenvalue weighted by Crippen LogP contribution is -2.24. The summed E-state index contributed by atoms with van der Waals surface area (Å²) in [6.07, 6.45) is 2.98. The molecule has 1 aromatic carbocycles. The van der Waals surface area contributed by atoms with Crippen LogP contribution in [0.5, 0.6) is 5.75 Å². The number of aromatic hydroxyl groups is 1. The van der Waals surface area contributed by atoms with Crippen molar-refractivity contribution >= 4 is 34.9 Å². The van der Waals surface area contributed by atoms with Gasteiger partial charge in [0.25, 0.3) is 6.47 Å². The molecule has 8 heteroatoms. The molecule has 0 amide bonds. The third-order valence-electron chi connectivity index (χ3n) is 4.44. The number of carbonyl (C=O) groups excluding carboxylic acids is 2. The van der Waals surface area contributed by atoms with Crippen LogP contribution in [0.25, 0.3) is 11.0 Å². The minimum Gasteiger partial charge on any atom is -0.505 e. The quantitative estimate of drug-likeness (QED) is 0.324. The molecule has 0 aliphatic heterocycles. The molecule has 1 N–H and O–H groups in total. The van der Waals surface area contributed by atoms with Crippen molar-refractivity contribution in [3.63, 3.8) is 0 Å². The minimum atomic E-state index is -1.05. The summed E-state index contributed by atoms with van der Waals surface area (Å²) in [4.78, 5) is 31.8. The van der Waals surface area contributed by atoms with Crippen molar-refractivity contribution in [3.05, 3.63) is 65.2 Å². The van der Waals surface area contributed by atoms with E-state index in [-0.39, 0.29) is 35.5 Å². The molecule has 1 unspecified atom stereocenters. The molecular formula is C21H18ClFN2O4. The molecule has 0 spiro atoms. The number of hydrogen-bond acceptors (Lipinski definition) is 6. The van der Waals surface area contributed by atoms with Gasteiger partial charge in [-0.25, -0.2) is 4.39 Å². The maximum absolute atomic E-state index is 13.0. The van der Waals surface area contributed by atoms with Crippen LogP contribution in [0.15, 0.2) is 42.7 Å². The Morgan fingerprint density at radius 1 is 1.21 bits per heavy atom. The van der Waals surface area contributed by atoms with Crippen molar-refractivity contribution in [2.45, 2.75) is 25.4 Å². The predicted octanol–water partition coefficient (Wildman–Crippen LogP) is 3.81. The van der Waals surface area contributed by atoms with Gasteiger partial charge in [0.2, 0.25) is 5.78 Å². The number of carbonyl (C=O) groups is 2. The zero-order chi connectivity index (χ0) is 20.8. The maximum atomic E-state index is 13.0. The number of Topliss-reactive ketones (excluding diaryl/α,β-unsaturated/α-hetero) is 1. The molecule has 2 heterocycles. The largest absolute Gasteiger partial charge is 0.505 e. The summed E-state index contributed by atoms with van der Waals surface area (Å²) in [5.74, 6) is -0.881. The van der Waals surface area contributed by atoms with E-state index in [1.807, 2.05) is 0 Å². The number of fused-ring (bicyclic) bond motifs is 1. The van der Waals surface area contributed by atoms with E-state index in [9.17, 15) is 19.1 Å². The van der Waals surface area contributed by atoms with E-state index < -0.39 is 11.9 Å². The van der Waals surface area contributed by atoms with Gasteiger partial charge in [-0.15, -0.1) is 11.6 Å². The molecule has 3 rings (SSSR count). The fourth-order valence-electron chi connectivity index (χ4n) is 2.98. The summed E-state index contributed by atoms with van der Waals surface area (Å²) in [5.41, 5.74) is 2.22. The van der Waals surface area contributed by atoms with E-state index in [0.717, 1.165) is 11.1 Å². The molecule has 0 saturated heterocycles. The van der Waals surface area contributed by atoms with Gasteiger partial charge >= 0.3 is 0 Å². The third-order valence-corrected chi connectivity index (χ3v) is 4.70. The van der Waals surface area contributed by atoms with E-state index in [2.05, 4.69) is 9.97 Å². The second-order valence-corrected chi connectivity index (χ2v) is 6.83. The van der Waals surface area contributed by atoms with E-state index in [1.165, 1.54) is 18.3 Å². The van der Waals surface area contributed by atoms with Crippen molar-refractivity contribution in [2.24, 2.45) is 0 Å². The lowest BCUT2D eigenvalue weighted by atomic mass is 10.0. The summed E-state index contributed by atoms with van der Waals surface area (Å²) in [6, 6.07) is 7.87. The summed E-state index contributed by atoms with van der Waals surface area (Å²) in [7, 11) is 0. The summed E-state index contributed by atoms with van der Waals surface area (Å²) in [5, 5.41) is 10.5. The zero-order valence-electron chi connectivity index (χ0n) is 15.3. The Hall–Kier alpha value is -3.06. The number of benzene rings is 1. The first-order chi connectivity index (χ1) is 14.0. The molecular weight excluding hydrogens is 399 g/mol. The number of pyridine rings is 2. The fraction of sp³-hybridized carbons (Fsp3) is 0.238. The van der Waals surface area contributed by atoms with Gasteiger partial charge in [0.1, 0.15) is 11.3 Å². The first-order valence-corrected chi connectivity index (χ1v) is 9.47. The number of ether oxygens (including phenoxy) is 1. The van der Waals surface area contributed by atoms with Crippen LogP contribution in [-0.2, 0) is 16.0 Å². The van der Waals surface area contributed by atoms with Crippen LogP contribution in [-0.4, -0.2) is 39.3 Å². The van der Waals surface area contributed by atoms with Crippen LogP contribution in [0, 0.1) is 5.82 Å². The van der Waals surface area contributed by atoms with Gasteiger partial charge < -0.3 is 9.84 Å². The van der Waals surface area contributed by atoms with Gasteiger partial charge in [-0.05, 0) is 48.6 Å². The Morgan fingerprint density at radius 3 is 2.66 bits per heavy atom. The normalized spacial score (nSPS) is 11.9. The van der Waals surface area contributed by atoms with Gasteiger partial charge in [0.05, 0.1) is 11.1 Å². The first-order valence-electron chi connectivity index (χ1n) is 8.93. The van der Waals surface area contributed by atoms with E-state index in [0.29, 0.717) is 24.2 Å². The molecule has 150 valence electrons. The second-order valence-electron chi connectivity index (χ2n) is 6.45. The monoisotopic (exact) mass is 416 g/mol. The average Bonchev–Trinajstić information content (AvgIpc) is 2.72. The van der Waals surface area contributed by atoms with Crippen LogP contribution in [0.1, 0.15) is 34.3 Å². The Kier molecular flexibility index (Phi) is 6.72.